The monoisotopic (exact) mass is 246 g/mol. The molecular weight excluding hydrogens is 230 g/mol. The Balaban J connectivity index is 2.25. The summed E-state index contributed by atoms with van der Waals surface area (Å²) < 4.78 is 2.29. The number of aromatic nitrogens is 1. The van der Waals surface area contributed by atoms with Crippen LogP contribution in [-0.4, -0.2) is 0 Å². The number of rotatable bonds is 2. The molecule has 1 heteroatoms. The maximum Gasteiger partial charge on any atom is 0.218 e. The van der Waals surface area contributed by atoms with Gasteiger partial charge in [-0.2, -0.15) is 4.57 Å². The molecule has 1 heterocycles. The van der Waals surface area contributed by atoms with Gasteiger partial charge in [0.25, 0.3) is 0 Å². The van der Waals surface area contributed by atoms with Crippen molar-refractivity contribution in [2.24, 2.45) is 0 Å². The van der Waals surface area contributed by atoms with Crippen LogP contribution in [0.5, 0.6) is 0 Å². The molecule has 0 saturated heterocycles. The lowest BCUT2D eigenvalue weighted by atomic mass is 10.1. The summed E-state index contributed by atoms with van der Waals surface area (Å²) >= 11 is 0. The van der Waals surface area contributed by atoms with Crippen molar-refractivity contribution in [3.8, 4) is 16.9 Å². The van der Waals surface area contributed by atoms with Gasteiger partial charge in [0.05, 0.1) is 0 Å². The van der Waals surface area contributed by atoms with Gasteiger partial charge in [-0.15, -0.1) is 0 Å². The molecule has 3 aromatic rings. The minimum absolute atomic E-state index is 1.19. The maximum absolute atomic E-state index is 2.29. The zero-order valence-electron chi connectivity index (χ0n) is 11.0. The van der Waals surface area contributed by atoms with E-state index in [4.69, 9.17) is 0 Å². The molecule has 2 aromatic carbocycles. The third-order valence-corrected chi connectivity index (χ3v) is 3.27. The van der Waals surface area contributed by atoms with Crippen LogP contribution in [0.15, 0.2) is 78.9 Å². The van der Waals surface area contributed by atoms with Crippen molar-refractivity contribution in [3.63, 3.8) is 0 Å². The molecule has 0 atom stereocenters. The summed E-state index contributed by atoms with van der Waals surface area (Å²) in [4.78, 5) is 0. The van der Waals surface area contributed by atoms with Gasteiger partial charge in [-0.05, 0) is 18.2 Å². The van der Waals surface area contributed by atoms with E-state index in [1.165, 1.54) is 22.6 Å². The Morgan fingerprint density at radius 1 is 0.632 bits per heavy atom. The van der Waals surface area contributed by atoms with Crippen LogP contribution in [0.25, 0.3) is 16.9 Å². The highest BCUT2D eigenvalue weighted by atomic mass is 15.0. The molecule has 19 heavy (non-hydrogen) atoms. The van der Waals surface area contributed by atoms with Gasteiger partial charge < -0.3 is 0 Å². The van der Waals surface area contributed by atoms with Crippen molar-refractivity contribution in [1.82, 2.24) is 0 Å². The Hall–Kier alpha value is -2.41. The Morgan fingerprint density at radius 3 is 1.95 bits per heavy atom. The average molecular weight is 246 g/mol. The molecule has 3 rings (SSSR count). The predicted molar refractivity (Wildman–Crippen MR) is 78.1 cm³/mol. The molecule has 0 amide bonds. The normalized spacial score (nSPS) is 10.4. The molecule has 0 spiro atoms. The van der Waals surface area contributed by atoms with Crippen LogP contribution in [0.4, 0.5) is 0 Å². The first-order chi connectivity index (χ1) is 9.36. The summed E-state index contributed by atoms with van der Waals surface area (Å²) in [5, 5.41) is 0. The van der Waals surface area contributed by atoms with E-state index in [1.54, 1.807) is 0 Å². The van der Waals surface area contributed by atoms with E-state index in [0.717, 1.165) is 0 Å². The SMILES string of the molecule is Cc1cccc(-c2ccccc2)[n+]1-c1ccccc1. The highest BCUT2D eigenvalue weighted by Crippen LogP contribution is 2.17. The van der Waals surface area contributed by atoms with E-state index >= 15 is 0 Å². The van der Waals surface area contributed by atoms with Crippen molar-refractivity contribution < 1.29 is 4.57 Å². The van der Waals surface area contributed by atoms with E-state index in [-0.39, 0.29) is 0 Å². The van der Waals surface area contributed by atoms with Crippen LogP contribution in [0, 0.1) is 6.92 Å². The van der Waals surface area contributed by atoms with Crippen molar-refractivity contribution >= 4 is 0 Å². The summed E-state index contributed by atoms with van der Waals surface area (Å²) in [5.74, 6) is 0. The summed E-state index contributed by atoms with van der Waals surface area (Å²) in [6.07, 6.45) is 0. The number of nitrogens with zero attached hydrogens (tertiary/aromatic N) is 1. The van der Waals surface area contributed by atoms with Gasteiger partial charge in [0, 0.05) is 36.8 Å². The molecule has 0 bridgehead atoms. The van der Waals surface area contributed by atoms with Crippen LogP contribution < -0.4 is 4.57 Å². The van der Waals surface area contributed by atoms with Crippen molar-refractivity contribution in [1.29, 1.82) is 0 Å². The number of hydrogen-bond donors (Lipinski definition) is 0. The Labute approximate surface area is 113 Å². The minimum atomic E-state index is 1.19. The van der Waals surface area contributed by atoms with Gasteiger partial charge in [-0.1, -0.05) is 36.4 Å². The van der Waals surface area contributed by atoms with Crippen LogP contribution in [0.1, 0.15) is 5.69 Å². The van der Waals surface area contributed by atoms with E-state index in [9.17, 15) is 0 Å². The molecule has 0 fully saturated rings. The van der Waals surface area contributed by atoms with Crippen molar-refractivity contribution in [3.05, 3.63) is 84.6 Å². The fourth-order valence-electron chi connectivity index (χ4n) is 2.37. The third kappa shape index (κ3) is 2.27. The second-order valence-corrected chi connectivity index (χ2v) is 4.59. The molecule has 92 valence electrons. The summed E-state index contributed by atoms with van der Waals surface area (Å²) in [5.41, 5.74) is 4.87. The van der Waals surface area contributed by atoms with Gasteiger partial charge in [0.15, 0.2) is 5.69 Å². The van der Waals surface area contributed by atoms with Crippen molar-refractivity contribution in [2.45, 2.75) is 6.92 Å². The largest absolute Gasteiger partial charge is 0.218 e. The molecule has 0 aliphatic carbocycles. The fraction of sp³-hybridized carbons (Fsp3) is 0.0556. The van der Waals surface area contributed by atoms with E-state index in [0.29, 0.717) is 0 Å². The lowest BCUT2D eigenvalue weighted by Crippen LogP contribution is -2.36. The third-order valence-electron chi connectivity index (χ3n) is 3.27. The molecule has 1 aromatic heterocycles. The van der Waals surface area contributed by atoms with Gasteiger partial charge in [-0.3, -0.25) is 0 Å². The summed E-state index contributed by atoms with van der Waals surface area (Å²) in [6, 6.07) is 27.4. The first-order valence-corrected chi connectivity index (χ1v) is 6.49. The second-order valence-electron chi connectivity index (χ2n) is 4.59. The molecular formula is C18H16N+. The van der Waals surface area contributed by atoms with Crippen LogP contribution in [0.3, 0.4) is 0 Å². The molecule has 0 unspecified atom stereocenters. The lowest BCUT2D eigenvalue weighted by molar-refractivity contribution is -0.591. The highest BCUT2D eigenvalue weighted by Gasteiger charge is 2.17. The first-order valence-electron chi connectivity index (χ1n) is 6.49. The fourth-order valence-corrected chi connectivity index (χ4v) is 2.37. The number of pyridine rings is 1. The van der Waals surface area contributed by atoms with Gasteiger partial charge in [-0.25, -0.2) is 0 Å². The predicted octanol–water partition coefficient (Wildman–Crippen LogP) is 3.94. The Kier molecular flexibility index (Phi) is 3.11. The van der Waals surface area contributed by atoms with E-state index in [2.05, 4.69) is 78.2 Å². The van der Waals surface area contributed by atoms with Crippen LogP contribution in [-0.2, 0) is 0 Å². The zero-order chi connectivity index (χ0) is 13.1. The van der Waals surface area contributed by atoms with E-state index < -0.39 is 0 Å². The Morgan fingerprint density at radius 2 is 1.26 bits per heavy atom. The first kappa shape index (κ1) is 11.7. The number of aryl methyl sites for hydroxylation is 1. The molecule has 0 saturated carbocycles. The van der Waals surface area contributed by atoms with Crippen LogP contribution >= 0.6 is 0 Å². The summed E-state index contributed by atoms with van der Waals surface area (Å²) in [6.45, 7) is 2.14. The van der Waals surface area contributed by atoms with Gasteiger partial charge in [0.2, 0.25) is 11.4 Å². The smallest absolute Gasteiger partial charge is 0.158 e. The quantitative estimate of drug-likeness (QED) is 0.603. The van der Waals surface area contributed by atoms with E-state index in [1.807, 2.05) is 12.1 Å². The van der Waals surface area contributed by atoms with Gasteiger partial charge in [0.1, 0.15) is 0 Å². The Bertz CT molecular complexity index is 673. The van der Waals surface area contributed by atoms with Crippen LogP contribution in [0.2, 0.25) is 0 Å². The number of benzene rings is 2. The molecule has 0 aliphatic heterocycles. The maximum atomic E-state index is 2.29. The van der Waals surface area contributed by atoms with Crippen molar-refractivity contribution in [2.75, 3.05) is 0 Å². The second kappa shape index (κ2) is 5.07. The topological polar surface area (TPSA) is 3.88 Å². The lowest BCUT2D eigenvalue weighted by Gasteiger charge is -2.06. The minimum Gasteiger partial charge on any atom is -0.158 e. The number of para-hydroxylation sites is 1. The molecule has 0 radical (unpaired) electrons. The standard InChI is InChI=1S/C18H16N/c1-15-9-8-14-18(16-10-4-2-5-11-16)19(15)17-12-6-3-7-13-17/h2-14H,1H3/q+1. The molecule has 1 nitrogen and oxygen atoms in total. The zero-order valence-corrected chi connectivity index (χ0v) is 11.0. The molecule has 0 aliphatic rings. The highest BCUT2D eigenvalue weighted by molar-refractivity contribution is 5.56. The van der Waals surface area contributed by atoms with Gasteiger partial charge >= 0.3 is 0 Å². The average Bonchev–Trinajstić information content (AvgIpc) is 2.49. The molecule has 0 N–H and O–H groups in total. The summed E-state index contributed by atoms with van der Waals surface area (Å²) in [7, 11) is 0. The number of hydrogen-bond acceptors (Lipinski definition) is 0.